The van der Waals surface area contributed by atoms with E-state index in [9.17, 15) is 14.4 Å². The van der Waals surface area contributed by atoms with Gasteiger partial charge in [0.25, 0.3) is 5.91 Å². The first kappa shape index (κ1) is 20.3. The van der Waals surface area contributed by atoms with Crippen LogP contribution in [0.3, 0.4) is 0 Å². The Labute approximate surface area is 171 Å². The highest BCUT2D eigenvalue weighted by Gasteiger charge is 2.11. The van der Waals surface area contributed by atoms with E-state index in [1.54, 1.807) is 54.1 Å². The number of anilines is 1. The number of amides is 2. The molecule has 3 aromatic rings. The second-order valence-electron chi connectivity index (χ2n) is 6.27. The zero-order valence-electron chi connectivity index (χ0n) is 15.9. The van der Waals surface area contributed by atoms with Crippen LogP contribution in [0.5, 0.6) is 0 Å². The number of nitrogens with one attached hydrogen (secondary N) is 2. The lowest BCUT2D eigenvalue weighted by Crippen LogP contribution is -2.27. The van der Waals surface area contributed by atoms with Crippen molar-refractivity contribution in [3.8, 4) is 0 Å². The van der Waals surface area contributed by atoms with Crippen LogP contribution >= 0.6 is 11.6 Å². The topological polar surface area (TPSA) is 102 Å². The van der Waals surface area contributed by atoms with Gasteiger partial charge in [-0.25, -0.2) is 9.78 Å². The van der Waals surface area contributed by atoms with Gasteiger partial charge >= 0.3 is 5.97 Å². The predicted molar refractivity (Wildman–Crippen MR) is 109 cm³/mol. The third-order valence-electron chi connectivity index (χ3n) is 4.32. The minimum absolute atomic E-state index is 0.101. The number of rotatable bonds is 6. The first-order chi connectivity index (χ1) is 13.9. The number of hydrogen-bond donors (Lipinski definition) is 2. The van der Waals surface area contributed by atoms with Crippen molar-refractivity contribution in [2.24, 2.45) is 7.05 Å². The summed E-state index contributed by atoms with van der Waals surface area (Å²) in [5, 5.41) is 5.76. The average Bonchev–Trinajstić information content (AvgIpc) is 3.01. The van der Waals surface area contributed by atoms with E-state index >= 15 is 0 Å². The van der Waals surface area contributed by atoms with Gasteiger partial charge in [0.05, 0.1) is 23.7 Å². The lowest BCUT2D eigenvalue weighted by molar-refractivity contribution is -0.116. The van der Waals surface area contributed by atoms with Crippen LogP contribution in [0, 0.1) is 0 Å². The highest BCUT2D eigenvalue weighted by atomic mass is 35.5. The summed E-state index contributed by atoms with van der Waals surface area (Å²) in [6, 6.07) is 11.4. The maximum absolute atomic E-state index is 12.3. The van der Waals surface area contributed by atoms with Crippen LogP contribution in [0.2, 0.25) is 5.28 Å². The summed E-state index contributed by atoms with van der Waals surface area (Å²) in [7, 11) is 3.07. The molecule has 0 aliphatic rings. The number of carbonyl (C=O) groups excluding carboxylic acids is 3. The summed E-state index contributed by atoms with van der Waals surface area (Å²) in [4.78, 5) is 40.0. The summed E-state index contributed by atoms with van der Waals surface area (Å²) in [5.41, 5.74) is 2.84. The Bertz CT molecular complexity index is 1080. The molecule has 0 saturated heterocycles. The maximum atomic E-state index is 12.3. The molecule has 0 bridgehead atoms. The molecule has 150 valence electrons. The third-order valence-corrected chi connectivity index (χ3v) is 4.65. The third kappa shape index (κ3) is 4.72. The minimum Gasteiger partial charge on any atom is -0.465 e. The molecule has 0 saturated carbocycles. The molecule has 3 rings (SSSR count). The molecular weight excluding hydrogens is 396 g/mol. The van der Waals surface area contributed by atoms with Crippen molar-refractivity contribution >= 4 is 46.1 Å². The summed E-state index contributed by atoms with van der Waals surface area (Å²) in [5.74, 6) is -0.999. The molecule has 0 radical (unpaired) electrons. The Morgan fingerprint density at radius 3 is 2.48 bits per heavy atom. The Morgan fingerprint density at radius 1 is 1.10 bits per heavy atom. The molecule has 9 heteroatoms. The lowest BCUT2D eigenvalue weighted by atomic mass is 10.2. The van der Waals surface area contributed by atoms with Crippen molar-refractivity contribution in [3.63, 3.8) is 0 Å². The van der Waals surface area contributed by atoms with Gasteiger partial charge in [-0.15, -0.1) is 0 Å². The van der Waals surface area contributed by atoms with E-state index in [-0.39, 0.29) is 24.8 Å². The highest BCUT2D eigenvalue weighted by molar-refractivity contribution is 6.29. The number of aromatic nitrogens is 2. The number of nitrogens with zero attached hydrogens (tertiary/aromatic N) is 2. The second-order valence-corrected chi connectivity index (χ2v) is 6.60. The minimum atomic E-state index is -0.447. The van der Waals surface area contributed by atoms with E-state index in [1.807, 2.05) is 0 Å². The molecule has 1 aromatic heterocycles. The fraction of sp³-hybridized carbons (Fsp3) is 0.200. The molecular formula is C20H19ClN4O4. The standard InChI is InChI=1S/C20H19ClN4O4/c1-25-16-11-13(5-8-15(16)24-20(25)21)18(27)22-10-9-17(26)23-14-6-3-12(4-7-14)19(28)29-2/h3-8,11H,9-10H2,1-2H3,(H,22,27)(H,23,26). The highest BCUT2D eigenvalue weighted by Crippen LogP contribution is 2.19. The van der Waals surface area contributed by atoms with Crippen LogP contribution in [0.25, 0.3) is 11.0 Å². The first-order valence-corrected chi connectivity index (χ1v) is 9.15. The normalized spacial score (nSPS) is 10.6. The monoisotopic (exact) mass is 414 g/mol. The Balaban J connectivity index is 1.51. The first-order valence-electron chi connectivity index (χ1n) is 8.77. The molecule has 1 heterocycles. The number of halogens is 1. The summed E-state index contributed by atoms with van der Waals surface area (Å²) in [6.45, 7) is 0.176. The fourth-order valence-corrected chi connectivity index (χ4v) is 2.91. The molecule has 2 N–H and O–H groups in total. The molecule has 2 amide bonds. The van der Waals surface area contributed by atoms with E-state index < -0.39 is 5.97 Å². The van der Waals surface area contributed by atoms with Gasteiger partial charge in [0.1, 0.15) is 0 Å². The van der Waals surface area contributed by atoms with E-state index in [0.717, 1.165) is 5.52 Å². The zero-order valence-corrected chi connectivity index (χ0v) is 16.6. The summed E-state index contributed by atoms with van der Waals surface area (Å²) >= 11 is 5.98. The zero-order chi connectivity index (χ0) is 21.0. The Kier molecular flexibility index (Phi) is 6.13. The number of hydrogen-bond acceptors (Lipinski definition) is 5. The molecule has 0 unspecified atom stereocenters. The fourth-order valence-electron chi connectivity index (χ4n) is 2.72. The smallest absolute Gasteiger partial charge is 0.337 e. The number of fused-ring (bicyclic) bond motifs is 1. The van der Waals surface area contributed by atoms with E-state index in [2.05, 4.69) is 20.4 Å². The van der Waals surface area contributed by atoms with Gasteiger partial charge in [-0.2, -0.15) is 0 Å². The van der Waals surface area contributed by atoms with Crippen LogP contribution in [-0.4, -0.2) is 41.0 Å². The molecule has 0 atom stereocenters. The summed E-state index contributed by atoms with van der Waals surface area (Å²) in [6.07, 6.45) is 0.101. The van der Waals surface area contributed by atoms with Gasteiger partial charge in [-0.05, 0) is 54.1 Å². The van der Waals surface area contributed by atoms with Gasteiger partial charge < -0.3 is 19.9 Å². The Morgan fingerprint density at radius 2 is 1.79 bits per heavy atom. The van der Waals surface area contributed by atoms with Gasteiger partial charge in [0.15, 0.2) is 0 Å². The van der Waals surface area contributed by atoms with Crippen LogP contribution < -0.4 is 10.6 Å². The number of ether oxygens (including phenoxy) is 1. The van der Waals surface area contributed by atoms with Crippen molar-refractivity contribution in [2.45, 2.75) is 6.42 Å². The number of carbonyl (C=O) groups is 3. The molecule has 8 nitrogen and oxygen atoms in total. The van der Waals surface area contributed by atoms with Gasteiger partial charge in [-0.1, -0.05) is 0 Å². The van der Waals surface area contributed by atoms with Crippen molar-refractivity contribution in [1.29, 1.82) is 0 Å². The van der Waals surface area contributed by atoms with E-state index in [4.69, 9.17) is 11.6 Å². The van der Waals surface area contributed by atoms with Gasteiger partial charge in [0.2, 0.25) is 11.2 Å². The number of imidazole rings is 1. The lowest BCUT2D eigenvalue weighted by Gasteiger charge is -2.08. The van der Waals surface area contributed by atoms with Crippen molar-refractivity contribution in [3.05, 3.63) is 58.9 Å². The van der Waals surface area contributed by atoms with Crippen molar-refractivity contribution < 1.29 is 19.1 Å². The molecule has 29 heavy (non-hydrogen) atoms. The van der Waals surface area contributed by atoms with Crippen molar-refractivity contribution in [1.82, 2.24) is 14.9 Å². The van der Waals surface area contributed by atoms with E-state index in [0.29, 0.717) is 27.6 Å². The van der Waals surface area contributed by atoms with E-state index in [1.165, 1.54) is 7.11 Å². The molecule has 0 spiro atoms. The van der Waals surface area contributed by atoms with Gasteiger partial charge in [-0.3, -0.25) is 9.59 Å². The number of aryl methyl sites for hydroxylation is 1. The SMILES string of the molecule is COC(=O)c1ccc(NC(=O)CCNC(=O)c2ccc3nc(Cl)n(C)c3c2)cc1. The molecule has 2 aromatic carbocycles. The quantitative estimate of drug-likeness (QED) is 0.604. The summed E-state index contributed by atoms with van der Waals surface area (Å²) < 4.78 is 6.31. The largest absolute Gasteiger partial charge is 0.465 e. The number of methoxy groups -OCH3 is 1. The second kappa shape index (κ2) is 8.74. The maximum Gasteiger partial charge on any atom is 0.337 e. The number of esters is 1. The van der Waals surface area contributed by atoms with Crippen molar-refractivity contribution in [2.75, 3.05) is 19.0 Å². The molecule has 0 aliphatic heterocycles. The van der Waals surface area contributed by atoms with Crippen LogP contribution in [0.15, 0.2) is 42.5 Å². The number of benzene rings is 2. The average molecular weight is 415 g/mol. The Hall–Kier alpha value is -3.39. The molecule has 0 aliphatic carbocycles. The van der Waals surface area contributed by atoms with Crippen LogP contribution in [-0.2, 0) is 16.6 Å². The predicted octanol–water partition coefficient (Wildman–Crippen LogP) is 2.77. The molecule has 0 fully saturated rings. The van der Waals surface area contributed by atoms with Crippen LogP contribution in [0.1, 0.15) is 27.1 Å². The van der Waals surface area contributed by atoms with Gasteiger partial charge in [0, 0.05) is 31.3 Å². The van der Waals surface area contributed by atoms with Crippen LogP contribution in [0.4, 0.5) is 5.69 Å².